The smallest absolute Gasteiger partial charge is 0.274 e. The van der Waals surface area contributed by atoms with Crippen molar-refractivity contribution >= 4 is 33.9 Å². The molecule has 0 bridgehead atoms. The normalized spacial score (nSPS) is 10.3. The standard InChI is InChI=1S/C17H11ClN4O2/c18-13-5-6-15-14(7-13)17(12(8-19)10-20-15)21-9-11-3-1-2-4-16(11)22(23)24/h1-7,10H,9H2,(H,20,21). The Hall–Kier alpha value is -3.17. The molecule has 3 rings (SSSR count). The number of halogens is 1. The largest absolute Gasteiger partial charge is 0.379 e. The topological polar surface area (TPSA) is 91.8 Å². The lowest BCUT2D eigenvalue weighted by Gasteiger charge is -2.12. The Kier molecular flexibility index (Phi) is 4.27. The minimum absolute atomic E-state index is 0.0277. The summed E-state index contributed by atoms with van der Waals surface area (Å²) in [4.78, 5) is 14.9. The van der Waals surface area contributed by atoms with E-state index in [0.29, 0.717) is 32.7 Å². The highest BCUT2D eigenvalue weighted by atomic mass is 35.5. The fourth-order valence-corrected chi connectivity index (χ4v) is 2.63. The van der Waals surface area contributed by atoms with Crippen molar-refractivity contribution in [1.82, 2.24) is 4.98 Å². The van der Waals surface area contributed by atoms with Crippen molar-refractivity contribution < 1.29 is 4.92 Å². The van der Waals surface area contributed by atoms with Gasteiger partial charge in [-0.25, -0.2) is 0 Å². The van der Waals surface area contributed by atoms with Crippen molar-refractivity contribution in [2.45, 2.75) is 6.54 Å². The van der Waals surface area contributed by atoms with Gasteiger partial charge in [-0.3, -0.25) is 15.1 Å². The van der Waals surface area contributed by atoms with E-state index in [1.807, 2.05) is 0 Å². The predicted octanol–water partition coefficient (Wildman–Crippen LogP) is 4.28. The summed E-state index contributed by atoms with van der Waals surface area (Å²) in [6.45, 7) is 0.206. The van der Waals surface area contributed by atoms with Gasteiger partial charge in [-0.15, -0.1) is 0 Å². The molecule has 0 aliphatic heterocycles. The Bertz CT molecular complexity index is 982. The van der Waals surface area contributed by atoms with Crippen LogP contribution < -0.4 is 5.32 Å². The van der Waals surface area contributed by atoms with Gasteiger partial charge in [-0.05, 0) is 18.2 Å². The van der Waals surface area contributed by atoms with Crippen LogP contribution in [0.15, 0.2) is 48.7 Å². The lowest BCUT2D eigenvalue weighted by Crippen LogP contribution is -2.05. The van der Waals surface area contributed by atoms with E-state index in [9.17, 15) is 15.4 Å². The maximum Gasteiger partial charge on any atom is 0.274 e. The molecule has 1 N–H and O–H groups in total. The number of nitro groups is 1. The van der Waals surface area contributed by atoms with E-state index < -0.39 is 4.92 Å². The molecule has 0 radical (unpaired) electrons. The Morgan fingerprint density at radius 3 is 2.83 bits per heavy atom. The first-order chi connectivity index (χ1) is 11.6. The monoisotopic (exact) mass is 338 g/mol. The maximum absolute atomic E-state index is 11.1. The summed E-state index contributed by atoms with van der Waals surface area (Å²) in [5, 5.41) is 24.8. The Labute approximate surface area is 142 Å². The van der Waals surface area contributed by atoms with E-state index >= 15 is 0 Å². The van der Waals surface area contributed by atoms with Gasteiger partial charge in [0.15, 0.2) is 0 Å². The van der Waals surface area contributed by atoms with Gasteiger partial charge in [-0.2, -0.15) is 5.26 Å². The number of hydrogen-bond donors (Lipinski definition) is 1. The van der Waals surface area contributed by atoms with Crippen LogP contribution in [-0.2, 0) is 6.54 Å². The quantitative estimate of drug-likeness (QED) is 0.566. The van der Waals surface area contributed by atoms with Gasteiger partial charge in [0.2, 0.25) is 0 Å². The number of hydrogen-bond acceptors (Lipinski definition) is 5. The molecule has 1 aromatic heterocycles. The van der Waals surface area contributed by atoms with Crippen LogP contribution in [0.5, 0.6) is 0 Å². The summed E-state index contributed by atoms with van der Waals surface area (Å²) >= 11 is 6.04. The van der Waals surface area contributed by atoms with Crippen LogP contribution in [0.4, 0.5) is 11.4 Å². The molecule has 0 unspecified atom stereocenters. The van der Waals surface area contributed by atoms with E-state index in [1.54, 1.807) is 36.4 Å². The Morgan fingerprint density at radius 2 is 2.08 bits per heavy atom. The van der Waals surface area contributed by atoms with E-state index in [0.717, 1.165) is 0 Å². The highest BCUT2D eigenvalue weighted by molar-refractivity contribution is 6.31. The number of aromatic nitrogens is 1. The van der Waals surface area contributed by atoms with Gasteiger partial charge in [-0.1, -0.05) is 29.8 Å². The fraction of sp³-hybridized carbons (Fsp3) is 0.0588. The molecule has 0 aliphatic rings. The van der Waals surface area contributed by atoms with Gasteiger partial charge >= 0.3 is 0 Å². The first-order valence-corrected chi connectivity index (χ1v) is 7.42. The average molecular weight is 339 g/mol. The summed E-state index contributed by atoms with van der Waals surface area (Å²) in [6, 6.07) is 13.7. The number of pyridine rings is 1. The minimum atomic E-state index is -0.427. The Morgan fingerprint density at radius 1 is 1.29 bits per heavy atom. The number of para-hydroxylation sites is 1. The lowest BCUT2D eigenvalue weighted by molar-refractivity contribution is -0.385. The molecule has 118 valence electrons. The number of fused-ring (bicyclic) bond motifs is 1. The van der Waals surface area contributed by atoms with Gasteiger partial charge in [0.25, 0.3) is 5.69 Å². The second-order valence-electron chi connectivity index (χ2n) is 5.06. The summed E-state index contributed by atoms with van der Waals surface area (Å²) in [6.07, 6.45) is 1.47. The molecule has 2 aromatic carbocycles. The molecule has 0 aliphatic carbocycles. The molecule has 0 spiro atoms. The molecular formula is C17H11ClN4O2. The van der Waals surface area contributed by atoms with Crippen LogP contribution in [0.2, 0.25) is 5.02 Å². The fourth-order valence-electron chi connectivity index (χ4n) is 2.46. The number of anilines is 1. The van der Waals surface area contributed by atoms with Crippen molar-refractivity contribution in [2.24, 2.45) is 0 Å². The number of nitrogens with one attached hydrogen (secondary N) is 1. The molecule has 0 atom stereocenters. The molecule has 1 heterocycles. The van der Waals surface area contributed by atoms with Crippen LogP contribution in [0.25, 0.3) is 10.9 Å². The third-order valence-corrected chi connectivity index (χ3v) is 3.83. The van der Waals surface area contributed by atoms with Crippen LogP contribution in [0.3, 0.4) is 0 Å². The average Bonchev–Trinajstić information content (AvgIpc) is 2.59. The summed E-state index contributed by atoms with van der Waals surface area (Å²) in [7, 11) is 0. The van der Waals surface area contributed by atoms with E-state index in [4.69, 9.17) is 11.6 Å². The minimum Gasteiger partial charge on any atom is -0.379 e. The van der Waals surface area contributed by atoms with Crippen molar-refractivity contribution in [2.75, 3.05) is 5.32 Å². The molecule has 0 saturated heterocycles. The number of nitrogens with zero attached hydrogens (tertiary/aromatic N) is 3. The summed E-state index contributed by atoms with van der Waals surface area (Å²) in [5.74, 6) is 0. The molecule has 3 aromatic rings. The highest BCUT2D eigenvalue weighted by Gasteiger charge is 2.14. The van der Waals surface area contributed by atoms with Crippen LogP contribution in [-0.4, -0.2) is 9.91 Å². The first kappa shape index (κ1) is 15.7. The maximum atomic E-state index is 11.1. The van der Waals surface area contributed by atoms with Crippen molar-refractivity contribution in [3.8, 4) is 6.07 Å². The third-order valence-electron chi connectivity index (χ3n) is 3.59. The van der Waals surface area contributed by atoms with Crippen LogP contribution in [0, 0.1) is 21.4 Å². The number of nitriles is 1. The number of rotatable bonds is 4. The van der Waals surface area contributed by atoms with Crippen molar-refractivity contribution in [3.05, 3.63) is 74.9 Å². The highest BCUT2D eigenvalue weighted by Crippen LogP contribution is 2.29. The molecule has 6 nitrogen and oxygen atoms in total. The first-order valence-electron chi connectivity index (χ1n) is 7.04. The molecule has 7 heteroatoms. The van der Waals surface area contributed by atoms with Crippen LogP contribution in [0.1, 0.15) is 11.1 Å². The second-order valence-corrected chi connectivity index (χ2v) is 5.50. The lowest BCUT2D eigenvalue weighted by atomic mass is 10.1. The van der Waals surface area contributed by atoms with E-state index in [1.165, 1.54) is 12.3 Å². The Balaban J connectivity index is 2.03. The molecule has 24 heavy (non-hydrogen) atoms. The molecule has 0 amide bonds. The third kappa shape index (κ3) is 2.98. The van der Waals surface area contributed by atoms with Gasteiger partial charge in [0.05, 0.1) is 21.7 Å². The molecule has 0 fully saturated rings. The van der Waals surface area contributed by atoms with Crippen molar-refractivity contribution in [3.63, 3.8) is 0 Å². The molecule has 0 saturated carbocycles. The number of nitro benzene ring substituents is 1. The zero-order valence-electron chi connectivity index (χ0n) is 12.4. The SMILES string of the molecule is N#Cc1cnc2ccc(Cl)cc2c1NCc1ccccc1[N+](=O)[O-]. The second kappa shape index (κ2) is 6.52. The van der Waals surface area contributed by atoms with Crippen LogP contribution >= 0.6 is 11.6 Å². The molecular weight excluding hydrogens is 328 g/mol. The van der Waals surface area contributed by atoms with Gasteiger partial charge in [0.1, 0.15) is 6.07 Å². The zero-order chi connectivity index (χ0) is 17.1. The van der Waals surface area contributed by atoms with E-state index in [2.05, 4.69) is 16.4 Å². The summed E-state index contributed by atoms with van der Waals surface area (Å²) < 4.78 is 0. The van der Waals surface area contributed by atoms with Crippen molar-refractivity contribution in [1.29, 1.82) is 5.26 Å². The predicted molar refractivity (Wildman–Crippen MR) is 91.9 cm³/mol. The van der Waals surface area contributed by atoms with E-state index in [-0.39, 0.29) is 12.2 Å². The summed E-state index contributed by atoms with van der Waals surface area (Å²) in [5.41, 5.74) is 2.15. The van der Waals surface area contributed by atoms with Gasteiger partial charge < -0.3 is 5.32 Å². The zero-order valence-corrected chi connectivity index (χ0v) is 13.1. The van der Waals surface area contributed by atoms with Gasteiger partial charge in [0, 0.05) is 34.8 Å². The number of benzene rings is 2.